The summed E-state index contributed by atoms with van der Waals surface area (Å²) in [4.78, 5) is 23.9. The molecule has 102 valence electrons. The molecule has 1 heterocycles. The van der Waals surface area contributed by atoms with Crippen molar-refractivity contribution in [3.63, 3.8) is 0 Å². The highest BCUT2D eigenvalue weighted by atomic mass is 16.3. The fourth-order valence-corrected chi connectivity index (χ4v) is 1.64. The third-order valence-electron chi connectivity index (χ3n) is 2.61. The molecule has 0 saturated carbocycles. The van der Waals surface area contributed by atoms with Gasteiger partial charge in [0.2, 0.25) is 0 Å². The third kappa shape index (κ3) is 3.14. The monoisotopic (exact) mass is 270 g/mol. The van der Waals surface area contributed by atoms with E-state index >= 15 is 0 Å². The Balaban J connectivity index is 2.17. The summed E-state index contributed by atoms with van der Waals surface area (Å²) in [5.41, 5.74) is 1.23. The number of benzene rings is 1. The number of amides is 2. The van der Waals surface area contributed by atoms with Gasteiger partial charge < -0.3 is 15.1 Å². The average molecular weight is 270 g/mol. The Bertz CT molecular complexity index is 618. The van der Waals surface area contributed by atoms with Crippen LogP contribution in [0.25, 0.3) is 0 Å². The molecule has 0 atom stereocenters. The molecule has 2 N–H and O–H groups in total. The molecule has 0 radical (unpaired) electrons. The minimum atomic E-state index is -0.331. The summed E-state index contributed by atoms with van der Waals surface area (Å²) in [6.07, 6.45) is 4.35. The summed E-state index contributed by atoms with van der Waals surface area (Å²) in [5, 5.41) is 5.35. The fourth-order valence-electron chi connectivity index (χ4n) is 1.64. The van der Waals surface area contributed by atoms with Gasteiger partial charge in [-0.1, -0.05) is 18.2 Å². The summed E-state index contributed by atoms with van der Waals surface area (Å²) >= 11 is 0. The number of hydrogen-bond acceptors (Lipinski definition) is 3. The fraction of sp³-hybridized carbons (Fsp3) is 0.0667. The van der Waals surface area contributed by atoms with Crippen molar-refractivity contribution in [3.8, 4) is 0 Å². The van der Waals surface area contributed by atoms with Gasteiger partial charge in [-0.2, -0.15) is 0 Å². The van der Waals surface area contributed by atoms with Crippen molar-refractivity contribution in [1.29, 1.82) is 0 Å². The molecule has 0 aliphatic heterocycles. The lowest BCUT2D eigenvalue weighted by atomic mass is 10.1. The molecule has 20 heavy (non-hydrogen) atoms. The molecule has 0 unspecified atom stereocenters. The standard InChI is InChI=1S/C15H14N2O3/c1-2-8-16-15(19)12-5-3-4-6-13(12)17-14(18)11-7-9-20-10-11/h2-7,9-10H,1,8H2,(H,16,19)(H,17,18). The molecule has 5 heteroatoms. The number of nitrogens with one attached hydrogen (secondary N) is 2. The van der Waals surface area contributed by atoms with Gasteiger partial charge in [0.15, 0.2) is 0 Å². The first-order valence-electron chi connectivity index (χ1n) is 6.04. The maximum absolute atomic E-state index is 12.0. The first-order valence-corrected chi connectivity index (χ1v) is 6.04. The number of anilines is 1. The molecule has 1 aromatic heterocycles. The smallest absolute Gasteiger partial charge is 0.258 e. The van der Waals surface area contributed by atoms with E-state index in [0.29, 0.717) is 23.4 Å². The summed E-state index contributed by atoms with van der Waals surface area (Å²) in [7, 11) is 0. The zero-order valence-corrected chi connectivity index (χ0v) is 10.8. The van der Waals surface area contributed by atoms with E-state index in [4.69, 9.17) is 4.42 Å². The van der Waals surface area contributed by atoms with Gasteiger partial charge in [0.05, 0.1) is 23.1 Å². The summed E-state index contributed by atoms with van der Waals surface area (Å²) < 4.78 is 4.85. The summed E-state index contributed by atoms with van der Waals surface area (Å²) in [6, 6.07) is 8.34. The van der Waals surface area contributed by atoms with Gasteiger partial charge in [0.1, 0.15) is 6.26 Å². The predicted molar refractivity (Wildman–Crippen MR) is 75.6 cm³/mol. The van der Waals surface area contributed by atoms with E-state index in [1.54, 1.807) is 36.4 Å². The maximum atomic E-state index is 12.0. The number of para-hydroxylation sites is 1. The maximum Gasteiger partial charge on any atom is 0.258 e. The van der Waals surface area contributed by atoms with Crippen molar-refractivity contribution in [1.82, 2.24) is 5.32 Å². The van der Waals surface area contributed by atoms with Crippen molar-refractivity contribution in [2.24, 2.45) is 0 Å². The average Bonchev–Trinajstić information content (AvgIpc) is 2.99. The number of carbonyl (C=O) groups is 2. The molecule has 1 aromatic carbocycles. The van der Waals surface area contributed by atoms with Crippen molar-refractivity contribution < 1.29 is 14.0 Å². The molecule has 0 aliphatic rings. The van der Waals surface area contributed by atoms with Crippen LogP contribution in [0.4, 0.5) is 5.69 Å². The van der Waals surface area contributed by atoms with Gasteiger partial charge in [0.25, 0.3) is 11.8 Å². The van der Waals surface area contributed by atoms with Gasteiger partial charge in [-0.15, -0.1) is 6.58 Å². The SMILES string of the molecule is C=CCNC(=O)c1ccccc1NC(=O)c1ccoc1. The molecule has 2 rings (SSSR count). The van der Waals surface area contributed by atoms with Crippen LogP contribution >= 0.6 is 0 Å². The predicted octanol–water partition coefficient (Wildman–Crippen LogP) is 2.45. The minimum Gasteiger partial charge on any atom is -0.472 e. The first kappa shape index (κ1) is 13.6. The molecule has 0 bridgehead atoms. The molecular weight excluding hydrogens is 256 g/mol. The van der Waals surface area contributed by atoms with Gasteiger partial charge >= 0.3 is 0 Å². The molecule has 2 amide bonds. The molecule has 0 aliphatic carbocycles. The summed E-state index contributed by atoms with van der Waals surface area (Å²) in [6.45, 7) is 3.90. The topological polar surface area (TPSA) is 71.3 Å². The van der Waals surface area contributed by atoms with E-state index in [1.165, 1.54) is 12.5 Å². The van der Waals surface area contributed by atoms with E-state index in [9.17, 15) is 9.59 Å². The second kappa shape index (κ2) is 6.38. The van der Waals surface area contributed by atoms with Crippen molar-refractivity contribution in [2.45, 2.75) is 0 Å². The quantitative estimate of drug-likeness (QED) is 0.820. The van der Waals surface area contributed by atoms with Crippen LogP contribution in [0.1, 0.15) is 20.7 Å². The molecule has 5 nitrogen and oxygen atoms in total. The number of furan rings is 1. The third-order valence-corrected chi connectivity index (χ3v) is 2.61. The number of hydrogen-bond donors (Lipinski definition) is 2. The second-order valence-corrected chi connectivity index (χ2v) is 4.01. The molecule has 0 spiro atoms. The van der Waals surface area contributed by atoms with E-state index in [0.717, 1.165) is 0 Å². The zero-order chi connectivity index (χ0) is 14.4. The van der Waals surface area contributed by atoms with Gasteiger partial charge in [-0.25, -0.2) is 0 Å². The highest BCUT2D eigenvalue weighted by molar-refractivity contribution is 6.08. The lowest BCUT2D eigenvalue weighted by molar-refractivity contribution is 0.0959. The van der Waals surface area contributed by atoms with Gasteiger partial charge in [-0.3, -0.25) is 9.59 Å². The molecular formula is C15H14N2O3. The Hall–Kier alpha value is -2.82. The van der Waals surface area contributed by atoms with Crippen LogP contribution in [-0.2, 0) is 0 Å². The van der Waals surface area contributed by atoms with Crippen LogP contribution in [0, 0.1) is 0 Å². The van der Waals surface area contributed by atoms with Crippen LogP contribution in [-0.4, -0.2) is 18.4 Å². The highest BCUT2D eigenvalue weighted by Crippen LogP contribution is 2.16. The van der Waals surface area contributed by atoms with Gasteiger partial charge in [-0.05, 0) is 18.2 Å². The van der Waals surface area contributed by atoms with Crippen LogP contribution in [0.3, 0.4) is 0 Å². The van der Waals surface area contributed by atoms with E-state index in [1.807, 2.05) is 0 Å². The minimum absolute atomic E-state index is 0.270. The molecule has 0 fully saturated rings. The van der Waals surface area contributed by atoms with Crippen molar-refractivity contribution in [3.05, 3.63) is 66.6 Å². The Labute approximate surface area is 116 Å². The zero-order valence-electron chi connectivity index (χ0n) is 10.8. The van der Waals surface area contributed by atoms with E-state index in [-0.39, 0.29) is 11.8 Å². The number of rotatable bonds is 5. The van der Waals surface area contributed by atoms with Crippen LogP contribution in [0.15, 0.2) is 59.9 Å². The van der Waals surface area contributed by atoms with E-state index in [2.05, 4.69) is 17.2 Å². The normalized spacial score (nSPS) is 9.80. The van der Waals surface area contributed by atoms with Crippen molar-refractivity contribution >= 4 is 17.5 Å². The summed E-state index contributed by atoms with van der Waals surface area (Å²) in [5.74, 6) is -0.601. The lowest BCUT2D eigenvalue weighted by Crippen LogP contribution is -2.25. The second-order valence-electron chi connectivity index (χ2n) is 4.01. The largest absolute Gasteiger partial charge is 0.472 e. The molecule has 0 saturated heterocycles. The Morgan fingerprint density at radius 1 is 1.20 bits per heavy atom. The van der Waals surface area contributed by atoms with E-state index < -0.39 is 0 Å². The van der Waals surface area contributed by atoms with Gasteiger partial charge in [0, 0.05) is 6.54 Å². The Morgan fingerprint density at radius 2 is 2.00 bits per heavy atom. The number of carbonyl (C=O) groups excluding carboxylic acids is 2. The highest BCUT2D eigenvalue weighted by Gasteiger charge is 2.13. The Kier molecular flexibility index (Phi) is 4.34. The first-order chi connectivity index (χ1) is 9.72. The van der Waals surface area contributed by atoms with Crippen molar-refractivity contribution in [2.75, 3.05) is 11.9 Å². The van der Waals surface area contributed by atoms with Crippen LogP contribution < -0.4 is 10.6 Å². The lowest BCUT2D eigenvalue weighted by Gasteiger charge is -2.10. The van der Waals surface area contributed by atoms with Crippen LogP contribution in [0.5, 0.6) is 0 Å². The molecule has 2 aromatic rings. The van der Waals surface area contributed by atoms with Crippen LogP contribution in [0.2, 0.25) is 0 Å². The Morgan fingerprint density at radius 3 is 2.70 bits per heavy atom.